The van der Waals surface area contributed by atoms with Crippen molar-refractivity contribution in [1.29, 1.82) is 0 Å². The molecule has 0 amide bonds. The largest absolute Gasteiger partial charge is 0.332 e. The lowest BCUT2D eigenvalue weighted by molar-refractivity contribution is 1.12. The SMILES string of the molecule is CC1=[C+]C=CC=C1NC(=S)Nc1ccccc1. The summed E-state index contributed by atoms with van der Waals surface area (Å²) in [4.78, 5) is 0. The predicted octanol–water partition coefficient (Wildman–Crippen LogP) is 3.18. The van der Waals surface area contributed by atoms with E-state index in [4.69, 9.17) is 12.2 Å². The minimum absolute atomic E-state index is 0.582. The van der Waals surface area contributed by atoms with Crippen LogP contribution < -0.4 is 10.6 Å². The molecule has 0 fully saturated rings. The molecule has 0 atom stereocenters. The maximum atomic E-state index is 5.24. The van der Waals surface area contributed by atoms with Crippen LogP contribution in [0.15, 0.2) is 59.8 Å². The van der Waals surface area contributed by atoms with Crippen LogP contribution in [0.2, 0.25) is 0 Å². The van der Waals surface area contributed by atoms with Crippen LogP contribution in [0.4, 0.5) is 5.69 Å². The normalized spacial score (nSPS) is 13.2. The number of anilines is 1. The molecular weight excluding hydrogens is 228 g/mol. The first-order valence-corrected chi connectivity index (χ1v) is 5.77. The monoisotopic (exact) mass is 241 g/mol. The summed E-state index contributed by atoms with van der Waals surface area (Å²) in [5.74, 6) is 0. The Bertz CT molecular complexity index is 498. The zero-order valence-corrected chi connectivity index (χ0v) is 10.3. The average molecular weight is 241 g/mol. The molecule has 0 heterocycles. The topological polar surface area (TPSA) is 24.1 Å². The summed E-state index contributed by atoms with van der Waals surface area (Å²) >= 11 is 5.24. The number of allylic oxidation sites excluding steroid dienone is 5. The molecule has 0 bridgehead atoms. The van der Waals surface area contributed by atoms with Crippen LogP contribution in [-0.4, -0.2) is 5.11 Å². The summed E-state index contributed by atoms with van der Waals surface area (Å²) < 4.78 is 0. The maximum Gasteiger partial charge on any atom is 0.187 e. The summed E-state index contributed by atoms with van der Waals surface area (Å²) in [6.45, 7) is 1.99. The van der Waals surface area contributed by atoms with Gasteiger partial charge in [0.2, 0.25) is 0 Å². The van der Waals surface area contributed by atoms with Crippen LogP contribution in [-0.2, 0) is 0 Å². The number of para-hydroxylation sites is 1. The molecule has 0 radical (unpaired) electrons. The Labute approximate surface area is 107 Å². The fourth-order valence-corrected chi connectivity index (χ4v) is 1.69. The van der Waals surface area contributed by atoms with Gasteiger partial charge in [-0.05, 0) is 31.3 Å². The summed E-state index contributed by atoms with van der Waals surface area (Å²) in [6.07, 6.45) is 8.91. The summed E-state index contributed by atoms with van der Waals surface area (Å²) in [5.41, 5.74) is 2.99. The van der Waals surface area contributed by atoms with Gasteiger partial charge in [0.05, 0.1) is 6.08 Å². The van der Waals surface area contributed by atoms with E-state index in [2.05, 4.69) is 16.7 Å². The third kappa shape index (κ3) is 3.25. The van der Waals surface area contributed by atoms with E-state index in [0.29, 0.717) is 5.11 Å². The van der Waals surface area contributed by atoms with Crippen molar-refractivity contribution in [3.8, 4) is 0 Å². The molecule has 2 rings (SSSR count). The smallest absolute Gasteiger partial charge is 0.187 e. The van der Waals surface area contributed by atoms with Crippen molar-refractivity contribution < 1.29 is 0 Å². The van der Waals surface area contributed by atoms with Gasteiger partial charge in [-0.3, -0.25) is 5.32 Å². The lowest BCUT2D eigenvalue weighted by atomic mass is 10.1. The van der Waals surface area contributed by atoms with Crippen molar-refractivity contribution in [2.24, 2.45) is 0 Å². The molecule has 1 aliphatic rings. The Balaban J connectivity index is 1.97. The van der Waals surface area contributed by atoms with Crippen LogP contribution in [0.1, 0.15) is 6.92 Å². The molecular formula is C14H13N2S+. The van der Waals surface area contributed by atoms with Gasteiger partial charge in [0.25, 0.3) is 0 Å². The second-order valence-corrected chi connectivity index (χ2v) is 4.06. The van der Waals surface area contributed by atoms with Gasteiger partial charge in [-0.25, -0.2) is 0 Å². The van der Waals surface area contributed by atoms with Gasteiger partial charge >= 0.3 is 0 Å². The molecule has 0 unspecified atom stereocenters. The number of benzene rings is 1. The zero-order valence-electron chi connectivity index (χ0n) is 9.53. The lowest BCUT2D eigenvalue weighted by Gasteiger charge is -2.09. The Morgan fingerprint density at radius 3 is 2.65 bits per heavy atom. The first-order valence-electron chi connectivity index (χ1n) is 5.36. The van der Waals surface area contributed by atoms with Crippen LogP contribution in [0.3, 0.4) is 0 Å². The van der Waals surface area contributed by atoms with E-state index >= 15 is 0 Å². The van der Waals surface area contributed by atoms with Crippen molar-refractivity contribution >= 4 is 23.0 Å². The molecule has 0 saturated heterocycles. The Kier molecular flexibility index (Phi) is 3.66. The highest BCUT2D eigenvalue weighted by Crippen LogP contribution is 2.11. The molecule has 0 aliphatic heterocycles. The minimum atomic E-state index is 0.582. The van der Waals surface area contributed by atoms with E-state index in [0.717, 1.165) is 17.0 Å². The van der Waals surface area contributed by atoms with Gasteiger partial charge in [-0.1, -0.05) is 18.2 Å². The zero-order chi connectivity index (χ0) is 12.1. The lowest BCUT2D eigenvalue weighted by Crippen LogP contribution is -2.28. The number of thiocarbonyl (C=S) groups is 1. The highest BCUT2D eigenvalue weighted by molar-refractivity contribution is 7.80. The van der Waals surface area contributed by atoms with E-state index in [1.807, 2.05) is 55.5 Å². The highest BCUT2D eigenvalue weighted by Gasteiger charge is 2.12. The van der Waals surface area contributed by atoms with Gasteiger partial charge in [-0.15, -0.1) is 0 Å². The molecule has 84 valence electrons. The average Bonchev–Trinajstić information content (AvgIpc) is 2.33. The van der Waals surface area contributed by atoms with Crippen LogP contribution in [0.25, 0.3) is 0 Å². The van der Waals surface area contributed by atoms with Crippen molar-refractivity contribution in [3.63, 3.8) is 0 Å². The number of rotatable bonds is 2. The molecule has 1 aromatic rings. The quantitative estimate of drug-likeness (QED) is 0.614. The minimum Gasteiger partial charge on any atom is -0.332 e. The fourth-order valence-electron chi connectivity index (χ4n) is 1.46. The third-order valence-electron chi connectivity index (χ3n) is 2.34. The molecule has 0 aromatic heterocycles. The van der Waals surface area contributed by atoms with Crippen molar-refractivity contribution in [2.75, 3.05) is 5.32 Å². The molecule has 0 saturated carbocycles. The third-order valence-corrected chi connectivity index (χ3v) is 2.55. The van der Waals surface area contributed by atoms with Gasteiger partial charge < -0.3 is 5.32 Å². The van der Waals surface area contributed by atoms with Crippen molar-refractivity contribution in [3.05, 3.63) is 65.9 Å². The summed E-state index contributed by atoms with van der Waals surface area (Å²) in [5, 5.41) is 6.85. The van der Waals surface area contributed by atoms with Gasteiger partial charge in [-0.2, -0.15) is 0 Å². The Morgan fingerprint density at radius 2 is 1.94 bits per heavy atom. The fraction of sp³-hybridized carbons (Fsp3) is 0.0714. The van der Waals surface area contributed by atoms with Gasteiger partial charge in [0.1, 0.15) is 11.6 Å². The van der Waals surface area contributed by atoms with Crippen LogP contribution in [0, 0.1) is 6.08 Å². The molecule has 0 spiro atoms. The molecule has 1 aliphatic carbocycles. The molecule has 2 N–H and O–H groups in total. The molecule has 17 heavy (non-hydrogen) atoms. The standard InChI is InChI=1S/C14H12N2S/c1-11-7-5-6-10-13(11)16-14(17)15-12-8-3-2-4-9-12/h2-6,8-10H,1H3,(H-,15,16,17)/p+1. The first-order chi connectivity index (χ1) is 8.25. The second-order valence-electron chi connectivity index (χ2n) is 3.65. The van der Waals surface area contributed by atoms with Crippen LogP contribution in [0.5, 0.6) is 0 Å². The second kappa shape index (κ2) is 5.39. The Hall–Kier alpha value is -1.96. The van der Waals surface area contributed by atoms with Gasteiger partial charge in [0, 0.05) is 17.8 Å². The number of hydrogen-bond donors (Lipinski definition) is 2. The van der Waals surface area contributed by atoms with Crippen molar-refractivity contribution in [2.45, 2.75) is 6.92 Å². The first kappa shape index (κ1) is 11.5. The number of hydrogen-bond acceptors (Lipinski definition) is 1. The van der Waals surface area contributed by atoms with E-state index < -0.39 is 0 Å². The molecule has 2 nitrogen and oxygen atoms in total. The molecule has 3 heteroatoms. The van der Waals surface area contributed by atoms with E-state index in [9.17, 15) is 0 Å². The van der Waals surface area contributed by atoms with Crippen LogP contribution >= 0.6 is 12.2 Å². The van der Waals surface area contributed by atoms with Crippen molar-refractivity contribution in [1.82, 2.24) is 5.32 Å². The van der Waals surface area contributed by atoms with E-state index in [1.165, 1.54) is 0 Å². The predicted molar refractivity (Wildman–Crippen MR) is 75.5 cm³/mol. The summed E-state index contributed by atoms with van der Waals surface area (Å²) in [6, 6.07) is 9.84. The maximum absolute atomic E-state index is 5.24. The Morgan fingerprint density at radius 1 is 1.18 bits per heavy atom. The van der Waals surface area contributed by atoms with E-state index in [-0.39, 0.29) is 0 Å². The summed E-state index contributed by atoms with van der Waals surface area (Å²) in [7, 11) is 0. The number of nitrogens with one attached hydrogen (secondary N) is 2. The van der Waals surface area contributed by atoms with E-state index in [1.54, 1.807) is 0 Å². The molecule has 1 aromatic carbocycles. The highest BCUT2D eigenvalue weighted by atomic mass is 32.1. The van der Waals surface area contributed by atoms with Gasteiger partial charge in [0.15, 0.2) is 10.8 Å².